The Morgan fingerprint density at radius 1 is 1.43 bits per heavy atom. The molecule has 2 rings (SSSR count). The van der Waals surface area contributed by atoms with Crippen molar-refractivity contribution in [2.75, 3.05) is 19.7 Å². The van der Waals surface area contributed by atoms with Crippen LogP contribution in [0.25, 0.3) is 0 Å². The predicted octanol–water partition coefficient (Wildman–Crippen LogP) is 0.368. The minimum absolute atomic E-state index is 0.117. The first-order valence-corrected chi connectivity index (χ1v) is 6.90. The van der Waals surface area contributed by atoms with Crippen molar-refractivity contribution >= 4 is 11.8 Å². The molecule has 3 N–H and O–H groups in total. The van der Waals surface area contributed by atoms with E-state index in [-0.39, 0.29) is 24.3 Å². The SMILES string of the molecule is NC(=O)C1CCCN(C(=O)c2cccc(C#CCO)c2)C1. The standard InChI is InChI=1S/C16H18N2O3/c17-15(20)14-7-2-8-18(11-14)16(21)13-6-1-4-12(10-13)5-3-9-19/h1,4,6,10,14,19H,2,7-9,11H2,(H2,17,20). The van der Waals surface area contributed by atoms with E-state index in [0.717, 1.165) is 12.8 Å². The van der Waals surface area contributed by atoms with Gasteiger partial charge in [0.1, 0.15) is 6.61 Å². The van der Waals surface area contributed by atoms with Crippen LogP contribution in [-0.4, -0.2) is 41.5 Å². The van der Waals surface area contributed by atoms with Gasteiger partial charge in [0.25, 0.3) is 5.91 Å². The Bertz CT molecular complexity index is 601. The molecule has 0 bridgehead atoms. The summed E-state index contributed by atoms with van der Waals surface area (Å²) in [5, 5.41) is 8.70. The monoisotopic (exact) mass is 286 g/mol. The zero-order valence-corrected chi connectivity index (χ0v) is 11.7. The minimum atomic E-state index is -0.352. The average Bonchev–Trinajstić information content (AvgIpc) is 2.52. The molecule has 1 aliphatic heterocycles. The summed E-state index contributed by atoms with van der Waals surface area (Å²) >= 11 is 0. The largest absolute Gasteiger partial charge is 0.384 e. The smallest absolute Gasteiger partial charge is 0.253 e. The zero-order chi connectivity index (χ0) is 15.2. The molecule has 1 atom stereocenters. The Balaban J connectivity index is 2.14. The van der Waals surface area contributed by atoms with Gasteiger partial charge in [-0.1, -0.05) is 17.9 Å². The van der Waals surface area contributed by atoms with Crippen molar-refractivity contribution in [3.8, 4) is 11.8 Å². The van der Waals surface area contributed by atoms with Gasteiger partial charge in [-0.15, -0.1) is 0 Å². The molecule has 0 aromatic heterocycles. The van der Waals surface area contributed by atoms with E-state index in [4.69, 9.17) is 10.8 Å². The highest BCUT2D eigenvalue weighted by Gasteiger charge is 2.27. The number of primary amides is 1. The number of aliphatic hydroxyl groups is 1. The van der Waals surface area contributed by atoms with Crippen LogP contribution >= 0.6 is 0 Å². The summed E-state index contributed by atoms with van der Waals surface area (Å²) in [6.45, 7) is 0.792. The maximum atomic E-state index is 12.5. The van der Waals surface area contributed by atoms with E-state index in [0.29, 0.717) is 24.2 Å². The van der Waals surface area contributed by atoms with Crippen LogP contribution in [0.15, 0.2) is 24.3 Å². The van der Waals surface area contributed by atoms with Crippen molar-refractivity contribution in [2.45, 2.75) is 12.8 Å². The molecule has 1 saturated heterocycles. The highest BCUT2D eigenvalue weighted by atomic mass is 16.2. The van der Waals surface area contributed by atoms with Gasteiger partial charge in [-0.25, -0.2) is 0 Å². The van der Waals surface area contributed by atoms with Crippen molar-refractivity contribution in [1.29, 1.82) is 0 Å². The van der Waals surface area contributed by atoms with Crippen molar-refractivity contribution < 1.29 is 14.7 Å². The van der Waals surface area contributed by atoms with Crippen LogP contribution in [-0.2, 0) is 4.79 Å². The van der Waals surface area contributed by atoms with Crippen LogP contribution in [0.1, 0.15) is 28.8 Å². The number of likely N-dealkylation sites (tertiary alicyclic amines) is 1. The van der Waals surface area contributed by atoms with E-state index in [1.165, 1.54) is 0 Å². The molecule has 1 unspecified atom stereocenters. The Morgan fingerprint density at radius 3 is 2.95 bits per heavy atom. The molecule has 1 heterocycles. The second kappa shape index (κ2) is 6.91. The molecule has 0 spiro atoms. The molecule has 5 nitrogen and oxygen atoms in total. The molecule has 2 amide bonds. The number of aliphatic hydroxyl groups excluding tert-OH is 1. The highest BCUT2D eigenvalue weighted by molar-refractivity contribution is 5.95. The lowest BCUT2D eigenvalue weighted by molar-refractivity contribution is -0.123. The fourth-order valence-corrected chi connectivity index (χ4v) is 2.45. The Hall–Kier alpha value is -2.32. The lowest BCUT2D eigenvalue weighted by Crippen LogP contribution is -2.44. The number of amides is 2. The van der Waals surface area contributed by atoms with Crippen LogP contribution in [0.4, 0.5) is 0 Å². The van der Waals surface area contributed by atoms with Crippen LogP contribution in [0.3, 0.4) is 0 Å². The maximum Gasteiger partial charge on any atom is 0.253 e. The predicted molar refractivity (Wildman–Crippen MR) is 78.2 cm³/mol. The first kappa shape index (κ1) is 15.1. The molecule has 0 saturated carbocycles. The third kappa shape index (κ3) is 3.83. The zero-order valence-electron chi connectivity index (χ0n) is 11.7. The summed E-state index contributed by atoms with van der Waals surface area (Å²) in [6.07, 6.45) is 1.52. The summed E-state index contributed by atoms with van der Waals surface area (Å²) in [5.74, 6) is 4.59. The van der Waals surface area contributed by atoms with E-state index in [2.05, 4.69) is 11.8 Å². The maximum absolute atomic E-state index is 12.5. The number of hydrogen-bond donors (Lipinski definition) is 2. The third-order valence-corrected chi connectivity index (χ3v) is 3.53. The number of nitrogens with two attached hydrogens (primary N) is 1. The number of rotatable bonds is 2. The minimum Gasteiger partial charge on any atom is -0.384 e. The highest BCUT2D eigenvalue weighted by Crippen LogP contribution is 2.18. The normalized spacial score (nSPS) is 17.8. The average molecular weight is 286 g/mol. The second-order valence-electron chi connectivity index (χ2n) is 5.03. The van der Waals surface area contributed by atoms with Crippen molar-refractivity contribution in [1.82, 2.24) is 4.90 Å². The number of carbonyl (C=O) groups excluding carboxylic acids is 2. The topological polar surface area (TPSA) is 83.6 Å². The van der Waals surface area contributed by atoms with Gasteiger partial charge in [-0.05, 0) is 31.0 Å². The van der Waals surface area contributed by atoms with E-state index >= 15 is 0 Å². The summed E-state index contributed by atoms with van der Waals surface area (Å²) < 4.78 is 0. The Kier molecular flexibility index (Phi) is 4.96. The Morgan fingerprint density at radius 2 is 2.24 bits per heavy atom. The molecule has 21 heavy (non-hydrogen) atoms. The first-order valence-electron chi connectivity index (χ1n) is 6.90. The molecule has 0 aliphatic carbocycles. The number of hydrogen-bond acceptors (Lipinski definition) is 3. The molecule has 5 heteroatoms. The summed E-state index contributed by atoms with van der Waals surface area (Å²) in [7, 11) is 0. The summed E-state index contributed by atoms with van der Waals surface area (Å²) in [4.78, 5) is 25.4. The molecular formula is C16H18N2O3. The fourth-order valence-electron chi connectivity index (χ4n) is 2.45. The summed E-state index contributed by atoms with van der Waals surface area (Å²) in [6, 6.07) is 6.95. The molecule has 110 valence electrons. The van der Waals surface area contributed by atoms with Gasteiger partial charge in [-0.2, -0.15) is 0 Å². The molecule has 1 aliphatic rings. The summed E-state index contributed by atoms with van der Waals surface area (Å²) in [5.41, 5.74) is 6.54. The van der Waals surface area contributed by atoms with Gasteiger partial charge in [0, 0.05) is 24.2 Å². The second-order valence-corrected chi connectivity index (χ2v) is 5.03. The van der Waals surface area contributed by atoms with E-state index in [1.807, 2.05) is 0 Å². The number of piperidine rings is 1. The number of nitrogens with zero attached hydrogens (tertiary/aromatic N) is 1. The van der Waals surface area contributed by atoms with E-state index < -0.39 is 0 Å². The number of carbonyl (C=O) groups is 2. The molecule has 1 fully saturated rings. The van der Waals surface area contributed by atoms with Crippen LogP contribution in [0.5, 0.6) is 0 Å². The van der Waals surface area contributed by atoms with E-state index in [1.54, 1.807) is 29.2 Å². The van der Waals surface area contributed by atoms with Gasteiger partial charge >= 0.3 is 0 Å². The molecule has 0 radical (unpaired) electrons. The Labute approximate surface area is 123 Å². The van der Waals surface area contributed by atoms with Gasteiger partial charge < -0.3 is 15.7 Å². The van der Waals surface area contributed by atoms with Crippen LogP contribution in [0.2, 0.25) is 0 Å². The lowest BCUT2D eigenvalue weighted by Gasteiger charge is -2.31. The lowest BCUT2D eigenvalue weighted by atomic mass is 9.96. The van der Waals surface area contributed by atoms with Crippen molar-refractivity contribution in [3.63, 3.8) is 0 Å². The van der Waals surface area contributed by atoms with Crippen LogP contribution in [0, 0.1) is 17.8 Å². The van der Waals surface area contributed by atoms with Gasteiger partial charge in [0.2, 0.25) is 5.91 Å². The first-order chi connectivity index (χ1) is 10.1. The fraction of sp³-hybridized carbons (Fsp3) is 0.375. The molecule has 1 aromatic rings. The third-order valence-electron chi connectivity index (χ3n) is 3.53. The van der Waals surface area contributed by atoms with Crippen molar-refractivity contribution in [3.05, 3.63) is 35.4 Å². The molecular weight excluding hydrogens is 268 g/mol. The van der Waals surface area contributed by atoms with Gasteiger partial charge in [-0.3, -0.25) is 9.59 Å². The van der Waals surface area contributed by atoms with Gasteiger partial charge in [0.15, 0.2) is 0 Å². The van der Waals surface area contributed by atoms with Crippen LogP contribution < -0.4 is 5.73 Å². The molecule has 1 aromatic carbocycles. The van der Waals surface area contributed by atoms with Crippen molar-refractivity contribution in [2.24, 2.45) is 11.7 Å². The quantitative estimate of drug-likeness (QED) is 0.770. The number of benzene rings is 1. The van der Waals surface area contributed by atoms with E-state index in [9.17, 15) is 9.59 Å². The van der Waals surface area contributed by atoms with Gasteiger partial charge in [0.05, 0.1) is 5.92 Å².